The number of hydrogen-bond donors (Lipinski definition) is 1. The third-order valence-electron chi connectivity index (χ3n) is 2.69. The maximum absolute atomic E-state index is 5.15. The molecule has 3 nitrogen and oxygen atoms in total. The van der Waals surface area contributed by atoms with E-state index >= 15 is 0 Å². The maximum atomic E-state index is 5.15. The molecule has 1 atom stereocenters. The van der Waals surface area contributed by atoms with Crippen LogP contribution in [0.4, 0.5) is 0 Å². The highest BCUT2D eigenvalue weighted by atomic mass is 16.5. The summed E-state index contributed by atoms with van der Waals surface area (Å²) in [4.78, 5) is 4.46. The molecule has 1 heterocycles. The molecular formula is C14H24N2O. The van der Waals surface area contributed by atoms with Crippen molar-refractivity contribution in [2.75, 3.05) is 13.7 Å². The molecule has 0 fully saturated rings. The zero-order valence-electron chi connectivity index (χ0n) is 11.4. The fourth-order valence-electron chi connectivity index (χ4n) is 2.03. The van der Waals surface area contributed by atoms with Gasteiger partial charge in [-0.3, -0.25) is 0 Å². The highest BCUT2D eigenvalue weighted by Gasteiger charge is 2.11. The van der Waals surface area contributed by atoms with Gasteiger partial charge in [0.2, 0.25) is 5.88 Å². The quantitative estimate of drug-likeness (QED) is 0.790. The van der Waals surface area contributed by atoms with Gasteiger partial charge in [-0.25, -0.2) is 4.98 Å². The summed E-state index contributed by atoms with van der Waals surface area (Å²) in [5.74, 6) is 1.40. The first kappa shape index (κ1) is 14.0. The fourth-order valence-corrected chi connectivity index (χ4v) is 2.03. The molecule has 0 spiro atoms. The average Bonchev–Trinajstić information content (AvgIpc) is 2.29. The first-order chi connectivity index (χ1) is 8.15. The highest BCUT2D eigenvalue weighted by molar-refractivity contribution is 5.16. The van der Waals surface area contributed by atoms with E-state index in [-0.39, 0.29) is 0 Å². The van der Waals surface area contributed by atoms with Crippen molar-refractivity contribution in [3.05, 3.63) is 23.9 Å². The van der Waals surface area contributed by atoms with Gasteiger partial charge < -0.3 is 10.1 Å². The average molecular weight is 236 g/mol. The van der Waals surface area contributed by atoms with Gasteiger partial charge in [0.25, 0.3) is 0 Å². The van der Waals surface area contributed by atoms with Crippen molar-refractivity contribution in [2.45, 2.75) is 39.7 Å². The first-order valence-corrected chi connectivity index (χ1v) is 6.39. The predicted octanol–water partition coefficient (Wildman–Crippen LogP) is 2.66. The summed E-state index contributed by atoms with van der Waals surface area (Å²) in [6, 6.07) is 6.45. The fraction of sp³-hybridized carbons (Fsp3) is 0.643. The van der Waals surface area contributed by atoms with Crippen molar-refractivity contribution in [2.24, 2.45) is 5.92 Å². The van der Waals surface area contributed by atoms with Crippen LogP contribution in [-0.4, -0.2) is 24.7 Å². The zero-order valence-corrected chi connectivity index (χ0v) is 11.4. The molecule has 0 bridgehead atoms. The monoisotopic (exact) mass is 236 g/mol. The Hall–Kier alpha value is -1.09. The van der Waals surface area contributed by atoms with Crippen LogP contribution < -0.4 is 10.1 Å². The molecule has 0 aromatic carbocycles. The van der Waals surface area contributed by atoms with Gasteiger partial charge in [-0.05, 0) is 24.9 Å². The van der Waals surface area contributed by atoms with Gasteiger partial charge in [-0.15, -0.1) is 0 Å². The van der Waals surface area contributed by atoms with Crippen molar-refractivity contribution < 1.29 is 4.74 Å². The lowest BCUT2D eigenvalue weighted by Gasteiger charge is -2.19. The van der Waals surface area contributed by atoms with Gasteiger partial charge in [0.05, 0.1) is 7.11 Å². The van der Waals surface area contributed by atoms with E-state index in [1.165, 1.54) is 6.42 Å². The molecule has 0 aliphatic heterocycles. The molecule has 1 rings (SSSR count). The molecule has 1 aromatic rings. The smallest absolute Gasteiger partial charge is 0.213 e. The molecule has 0 saturated heterocycles. The van der Waals surface area contributed by atoms with Gasteiger partial charge in [-0.1, -0.05) is 26.8 Å². The second-order valence-corrected chi connectivity index (χ2v) is 4.76. The Morgan fingerprint density at radius 1 is 1.35 bits per heavy atom. The van der Waals surface area contributed by atoms with Crippen molar-refractivity contribution >= 4 is 0 Å². The standard InChI is InChI=1S/C14H24N2O/c1-5-15-13(9-11(2)3)10-12-7-6-8-14(16-12)17-4/h6-8,11,13,15H,5,9-10H2,1-4H3. The number of pyridine rings is 1. The summed E-state index contributed by atoms with van der Waals surface area (Å²) in [6.07, 6.45) is 2.13. The van der Waals surface area contributed by atoms with Crippen molar-refractivity contribution in [1.82, 2.24) is 10.3 Å². The molecule has 1 aromatic heterocycles. The minimum Gasteiger partial charge on any atom is -0.481 e. The molecule has 1 unspecified atom stereocenters. The Morgan fingerprint density at radius 2 is 2.12 bits per heavy atom. The number of hydrogen-bond acceptors (Lipinski definition) is 3. The topological polar surface area (TPSA) is 34.1 Å². The number of likely N-dealkylation sites (N-methyl/N-ethyl adjacent to an activating group) is 1. The van der Waals surface area contributed by atoms with E-state index in [2.05, 4.69) is 37.1 Å². The number of aromatic nitrogens is 1. The summed E-state index contributed by atoms with van der Waals surface area (Å²) in [5, 5.41) is 3.52. The molecule has 1 N–H and O–H groups in total. The maximum Gasteiger partial charge on any atom is 0.213 e. The minimum absolute atomic E-state index is 0.500. The molecule has 0 aliphatic rings. The second-order valence-electron chi connectivity index (χ2n) is 4.76. The molecule has 0 radical (unpaired) electrons. The van der Waals surface area contributed by atoms with Gasteiger partial charge in [0.15, 0.2) is 0 Å². The number of rotatable bonds is 7. The van der Waals surface area contributed by atoms with Crippen LogP contribution >= 0.6 is 0 Å². The normalized spacial score (nSPS) is 12.8. The molecule has 0 saturated carbocycles. The van der Waals surface area contributed by atoms with E-state index in [9.17, 15) is 0 Å². The van der Waals surface area contributed by atoms with Crippen molar-refractivity contribution in [3.8, 4) is 5.88 Å². The van der Waals surface area contributed by atoms with Crippen molar-refractivity contribution in [1.29, 1.82) is 0 Å². The SMILES string of the molecule is CCNC(Cc1cccc(OC)n1)CC(C)C. The molecule has 0 amide bonds. The van der Waals surface area contributed by atoms with Crippen LogP contribution in [0.2, 0.25) is 0 Å². The summed E-state index contributed by atoms with van der Waals surface area (Å²) < 4.78 is 5.15. The Kier molecular flexibility index (Phi) is 5.98. The van der Waals surface area contributed by atoms with Crippen LogP contribution in [0.1, 0.15) is 32.9 Å². The number of ether oxygens (including phenoxy) is 1. The van der Waals surface area contributed by atoms with E-state index in [1.54, 1.807) is 7.11 Å². The highest BCUT2D eigenvalue weighted by Crippen LogP contribution is 2.12. The molecule has 96 valence electrons. The van der Waals surface area contributed by atoms with Crippen LogP contribution in [0, 0.1) is 5.92 Å². The van der Waals surface area contributed by atoms with Crippen molar-refractivity contribution in [3.63, 3.8) is 0 Å². The number of nitrogens with one attached hydrogen (secondary N) is 1. The van der Waals surface area contributed by atoms with E-state index in [4.69, 9.17) is 4.74 Å². The van der Waals surface area contributed by atoms with Crippen LogP contribution in [0.25, 0.3) is 0 Å². The van der Waals surface area contributed by atoms with Gasteiger partial charge >= 0.3 is 0 Å². The van der Waals surface area contributed by atoms with E-state index < -0.39 is 0 Å². The largest absolute Gasteiger partial charge is 0.481 e. The lowest BCUT2D eigenvalue weighted by molar-refractivity contribution is 0.390. The van der Waals surface area contributed by atoms with Gasteiger partial charge in [-0.2, -0.15) is 0 Å². The Labute approximate surface area is 105 Å². The van der Waals surface area contributed by atoms with Crippen LogP contribution in [0.5, 0.6) is 5.88 Å². The molecule has 17 heavy (non-hydrogen) atoms. The van der Waals surface area contributed by atoms with Gasteiger partial charge in [0.1, 0.15) is 0 Å². The van der Waals surface area contributed by atoms with Crippen LogP contribution in [-0.2, 0) is 6.42 Å². The van der Waals surface area contributed by atoms with Gasteiger partial charge in [0, 0.05) is 24.2 Å². The Balaban J connectivity index is 2.64. The molecular weight excluding hydrogens is 212 g/mol. The summed E-state index contributed by atoms with van der Waals surface area (Å²) in [7, 11) is 1.65. The lowest BCUT2D eigenvalue weighted by atomic mass is 9.99. The minimum atomic E-state index is 0.500. The third-order valence-corrected chi connectivity index (χ3v) is 2.69. The van der Waals surface area contributed by atoms with Crippen LogP contribution in [0.3, 0.4) is 0 Å². The first-order valence-electron chi connectivity index (χ1n) is 6.39. The van der Waals surface area contributed by atoms with Crippen LogP contribution in [0.15, 0.2) is 18.2 Å². The van der Waals surface area contributed by atoms with E-state index in [0.717, 1.165) is 18.7 Å². The summed E-state index contributed by atoms with van der Waals surface area (Å²) >= 11 is 0. The summed E-state index contributed by atoms with van der Waals surface area (Å²) in [5.41, 5.74) is 1.09. The number of nitrogens with zero attached hydrogens (tertiary/aromatic N) is 1. The third kappa shape index (κ3) is 5.18. The molecule has 0 aliphatic carbocycles. The molecule has 3 heteroatoms. The lowest BCUT2D eigenvalue weighted by Crippen LogP contribution is -2.32. The predicted molar refractivity (Wildman–Crippen MR) is 71.4 cm³/mol. The van der Waals surface area contributed by atoms with E-state index in [0.29, 0.717) is 17.8 Å². The second kappa shape index (κ2) is 7.28. The zero-order chi connectivity index (χ0) is 12.7. The Morgan fingerprint density at radius 3 is 2.71 bits per heavy atom. The van der Waals surface area contributed by atoms with E-state index in [1.807, 2.05) is 12.1 Å². The summed E-state index contributed by atoms with van der Waals surface area (Å²) in [6.45, 7) is 7.65. The Bertz CT molecular complexity index is 326. The number of methoxy groups -OCH3 is 1.